The fraction of sp³-hybridized carbons (Fsp3) is 0.0667. The van der Waals surface area contributed by atoms with Crippen LogP contribution in [0.4, 0.5) is 10.1 Å². The minimum atomic E-state index is -0.463. The summed E-state index contributed by atoms with van der Waals surface area (Å²) in [6.07, 6.45) is 0. The molecule has 0 fully saturated rings. The van der Waals surface area contributed by atoms with E-state index in [4.69, 9.17) is 12.2 Å². The summed E-state index contributed by atoms with van der Waals surface area (Å²) >= 11 is 7.32. The van der Waals surface area contributed by atoms with Gasteiger partial charge in [-0.25, -0.2) is 4.39 Å². The lowest BCUT2D eigenvalue weighted by Crippen LogP contribution is -2.34. The third kappa shape index (κ3) is 4.47. The number of anilines is 1. The Balaban J connectivity index is 2.03. The van der Waals surface area contributed by atoms with E-state index in [1.807, 2.05) is 25.1 Å². The minimum Gasteiger partial charge on any atom is -0.332 e. The molecule has 0 heterocycles. The fourth-order valence-corrected chi connectivity index (χ4v) is 2.58. The summed E-state index contributed by atoms with van der Waals surface area (Å²) in [4.78, 5) is 11.9. The Labute approximate surface area is 141 Å². The number of hydrogen-bond acceptors (Lipinski definition) is 2. The molecule has 0 bridgehead atoms. The molecule has 2 N–H and O–H groups in total. The molecule has 0 spiro atoms. The monoisotopic (exact) mass is 414 g/mol. The van der Waals surface area contributed by atoms with Crippen molar-refractivity contribution in [1.82, 2.24) is 5.32 Å². The number of nitrogens with one attached hydrogen (secondary N) is 2. The number of thiocarbonyl (C=S) groups is 1. The molecular formula is C15H12FIN2OS. The van der Waals surface area contributed by atoms with Gasteiger partial charge in [-0.3, -0.25) is 10.1 Å². The van der Waals surface area contributed by atoms with E-state index in [1.165, 1.54) is 18.2 Å². The highest BCUT2D eigenvalue weighted by Crippen LogP contribution is 2.17. The van der Waals surface area contributed by atoms with Crippen molar-refractivity contribution in [2.75, 3.05) is 5.32 Å². The summed E-state index contributed by atoms with van der Waals surface area (Å²) in [5, 5.41) is 5.66. The van der Waals surface area contributed by atoms with Gasteiger partial charge in [0.15, 0.2) is 5.11 Å². The molecule has 2 rings (SSSR count). The number of halogens is 2. The molecule has 0 saturated heterocycles. The highest BCUT2D eigenvalue weighted by Gasteiger charge is 2.09. The van der Waals surface area contributed by atoms with Crippen LogP contribution < -0.4 is 10.6 Å². The van der Waals surface area contributed by atoms with Gasteiger partial charge in [-0.05, 0) is 83.7 Å². The van der Waals surface area contributed by atoms with Gasteiger partial charge in [-0.15, -0.1) is 0 Å². The zero-order valence-corrected chi connectivity index (χ0v) is 14.1. The van der Waals surface area contributed by atoms with Crippen molar-refractivity contribution < 1.29 is 9.18 Å². The van der Waals surface area contributed by atoms with Crippen LogP contribution in [0.25, 0.3) is 0 Å². The van der Waals surface area contributed by atoms with Gasteiger partial charge in [-0.1, -0.05) is 6.07 Å². The molecule has 0 aliphatic carbocycles. The Morgan fingerprint density at radius 1 is 1.24 bits per heavy atom. The molecule has 0 unspecified atom stereocenters. The van der Waals surface area contributed by atoms with Gasteiger partial charge in [0.1, 0.15) is 5.82 Å². The average molecular weight is 414 g/mol. The molecule has 6 heteroatoms. The average Bonchev–Trinajstić information content (AvgIpc) is 2.42. The largest absolute Gasteiger partial charge is 0.332 e. The van der Waals surface area contributed by atoms with E-state index in [0.29, 0.717) is 0 Å². The number of rotatable bonds is 2. The lowest BCUT2D eigenvalue weighted by Gasteiger charge is -2.12. The molecule has 0 atom stereocenters. The molecule has 108 valence electrons. The van der Waals surface area contributed by atoms with Gasteiger partial charge >= 0.3 is 0 Å². The second-order valence-electron chi connectivity index (χ2n) is 4.38. The van der Waals surface area contributed by atoms with Gasteiger partial charge < -0.3 is 5.32 Å². The normalized spacial score (nSPS) is 10.0. The van der Waals surface area contributed by atoms with Crippen molar-refractivity contribution in [1.29, 1.82) is 0 Å². The fourth-order valence-electron chi connectivity index (χ4n) is 1.73. The first-order chi connectivity index (χ1) is 9.95. The lowest BCUT2D eigenvalue weighted by molar-refractivity contribution is 0.0977. The standard InChI is InChI=1S/C15H12FIN2OS/c1-9-7-12(17)5-6-13(9)18-15(21)19-14(20)10-3-2-4-11(16)8-10/h2-8H,1H3,(H2,18,19,20,21). The van der Waals surface area contributed by atoms with Crippen LogP contribution in [-0.2, 0) is 0 Å². The van der Waals surface area contributed by atoms with Crippen LogP contribution in [0.3, 0.4) is 0 Å². The Kier molecular flexibility index (Phi) is 5.24. The highest BCUT2D eigenvalue weighted by molar-refractivity contribution is 14.1. The Morgan fingerprint density at radius 3 is 2.67 bits per heavy atom. The lowest BCUT2D eigenvalue weighted by atomic mass is 10.2. The minimum absolute atomic E-state index is 0.175. The Morgan fingerprint density at radius 2 is 2.00 bits per heavy atom. The van der Waals surface area contributed by atoms with Crippen LogP contribution in [-0.4, -0.2) is 11.0 Å². The molecule has 21 heavy (non-hydrogen) atoms. The summed E-state index contributed by atoms with van der Waals surface area (Å²) in [6, 6.07) is 11.3. The second kappa shape index (κ2) is 6.95. The van der Waals surface area contributed by atoms with Gasteiger partial charge in [0.25, 0.3) is 5.91 Å². The zero-order valence-electron chi connectivity index (χ0n) is 11.1. The third-order valence-electron chi connectivity index (χ3n) is 2.75. The third-order valence-corrected chi connectivity index (χ3v) is 3.63. The quantitative estimate of drug-likeness (QED) is 0.579. The predicted octanol–water partition coefficient (Wildman–Crippen LogP) is 3.87. The van der Waals surface area contributed by atoms with Gasteiger partial charge in [0.2, 0.25) is 0 Å². The molecule has 0 aromatic heterocycles. The van der Waals surface area contributed by atoms with E-state index in [2.05, 4.69) is 33.2 Å². The smallest absolute Gasteiger partial charge is 0.257 e. The van der Waals surface area contributed by atoms with E-state index < -0.39 is 11.7 Å². The van der Waals surface area contributed by atoms with E-state index in [-0.39, 0.29) is 10.7 Å². The Hall–Kier alpha value is -1.54. The first-order valence-electron chi connectivity index (χ1n) is 6.10. The van der Waals surface area contributed by atoms with Crippen molar-refractivity contribution in [3.63, 3.8) is 0 Å². The zero-order chi connectivity index (χ0) is 15.4. The summed E-state index contributed by atoms with van der Waals surface area (Å²) in [7, 11) is 0. The summed E-state index contributed by atoms with van der Waals surface area (Å²) < 4.78 is 14.2. The van der Waals surface area contributed by atoms with Crippen molar-refractivity contribution in [2.45, 2.75) is 6.92 Å². The van der Waals surface area contributed by atoms with E-state index >= 15 is 0 Å². The van der Waals surface area contributed by atoms with Gasteiger partial charge in [-0.2, -0.15) is 0 Å². The summed E-state index contributed by atoms with van der Waals surface area (Å²) in [5.74, 6) is -0.912. The molecule has 3 nitrogen and oxygen atoms in total. The summed E-state index contributed by atoms with van der Waals surface area (Å²) in [6.45, 7) is 1.95. The maximum atomic E-state index is 13.1. The SMILES string of the molecule is Cc1cc(I)ccc1NC(=S)NC(=O)c1cccc(F)c1. The number of aryl methyl sites for hydroxylation is 1. The molecule has 0 aliphatic rings. The number of benzene rings is 2. The Bertz CT molecular complexity index is 706. The second-order valence-corrected chi connectivity index (χ2v) is 6.03. The number of amides is 1. The first-order valence-corrected chi connectivity index (χ1v) is 7.58. The molecular weight excluding hydrogens is 402 g/mol. The van der Waals surface area contributed by atoms with Crippen LogP contribution in [0, 0.1) is 16.3 Å². The van der Waals surface area contributed by atoms with Crippen molar-refractivity contribution in [3.8, 4) is 0 Å². The van der Waals surface area contributed by atoms with Crippen LogP contribution in [0.2, 0.25) is 0 Å². The topological polar surface area (TPSA) is 41.1 Å². The van der Waals surface area contributed by atoms with E-state index in [0.717, 1.165) is 20.9 Å². The molecule has 0 radical (unpaired) electrons. The summed E-state index contributed by atoms with van der Waals surface area (Å²) in [5.41, 5.74) is 2.06. The van der Waals surface area contributed by atoms with Crippen LogP contribution in [0.5, 0.6) is 0 Å². The van der Waals surface area contributed by atoms with Crippen LogP contribution in [0.1, 0.15) is 15.9 Å². The number of carbonyl (C=O) groups is 1. The molecule has 2 aromatic rings. The molecule has 0 aliphatic heterocycles. The van der Waals surface area contributed by atoms with E-state index in [1.54, 1.807) is 0 Å². The van der Waals surface area contributed by atoms with E-state index in [9.17, 15) is 9.18 Å². The molecule has 1 amide bonds. The molecule has 2 aromatic carbocycles. The maximum absolute atomic E-state index is 13.1. The van der Waals surface area contributed by atoms with Crippen LogP contribution in [0.15, 0.2) is 42.5 Å². The van der Waals surface area contributed by atoms with Crippen molar-refractivity contribution in [3.05, 3.63) is 63.0 Å². The first kappa shape index (κ1) is 15.8. The van der Waals surface area contributed by atoms with Crippen molar-refractivity contribution >= 4 is 51.5 Å². The molecule has 0 saturated carbocycles. The van der Waals surface area contributed by atoms with Crippen LogP contribution >= 0.6 is 34.8 Å². The van der Waals surface area contributed by atoms with Gasteiger partial charge in [0, 0.05) is 14.8 Å². The number of hydrogen-bond donors (Lipinski definition) is 2. The van der Waals surface area contributed by atoms with Gasteiger partial charge in [0.05, 0.1) is 0 Å². The number of carbonyl (C=O) groups excluding carboxylic acids is 1. The predicted molar refractivity (Wildman–Crippen MR) is 94.0 cm³/mol. The maximum Gasteiger partial charge on any atom is 0.257 e. The van der Waals surface area contributed by atoms with Crippen molar-refractivity contribution in [2.24, 2.45) is 0 Å². The highest BCUT2D eigenvalue weighted by atomic mass is 127.